The molecule has 0 unspecified atom stereocenters. The summed E-state index contributed by atoms with van der Waals surface area (Å²) in [6, 6.07) is 18.8. The Balaban J connectivity index is 1.68. The summed E-state index contributed by atoms with van der Waals surface area (Å²) in [7, 11) is 1.54. The molecule has 0 saturated heterocycles. The fraction of sp³-hybridized carbons (Fsp3) is 0.0909. The molecule has 1 N–H and O–H groups in total. The maximum atomic E-state index is 12.5. The van der Waals surface area contributed by atoms with Crippen molar-refractivity contribution in [2.45, 2.75) is 6.61 Å². The van der Waals surface area contributed by atoms with Crippen molar-refractivity contribution in [1.82, 2.24) is 0 Å². The number of nitro benzene ring substituents is 1. The van der Waals surface area contributed by atoms with Crippen LogP contribution >= 0.6 is 0 Å². The van der Waals surface area contributed by atoms with E-state index >= 15 is 0 Å². The number of hydrogen-bond acceptors (Lipinski definition) is 6. The summed E-state index contributed by atoms with van der Waals surface area (Å²) in [4.78, 5) is 35.2. The summed E-state index contributed by atoms with van der Waals surface area (Å²) < 4.78 is 10.4. The zero-order valence-electron chi connectivity index (χ0n) is 16.0. The van der Waals surface area contributed by atoms with Crippen LogP contribution in [0.5, 0.6) is 5.75 Å². The van der Waals surface area contributed by atoms with Crippen LogP contribution in [0.15, 0.2) is 72.8 Å². The number of nitrogens with zero attached hydrogens (tertiary/aromatic N) is 1. The first-order chi connectivity index (χ1) is 14.5. The summed E-state index contributed by atoms with van der Waals surface area (Å²) in [6.07, 6.45) is 0. The van der Waals surface area contributed by atoms with Crippen LogP contribution in [0.2, 0.25) is 0 Å². The number of benzene rings is 3. The summed E-state index contributed by atoms with van der Waals surface area (Å²) in [5.41, 5.74) is 1.48. The molecule has 0 radical (unpaired) electrons. The van der Waals surface area contributed by atoms with E-state index in [0.717, 1.165) is 0 Å². The summed E-state index contributed by atoms with van der Waals surface area (Å²) in [5.74, 6) is -0.381. The van der Waals surface area contributed by atoms with Crippen molar-refractivity contribution in [2.75, 3.05) is 12.4 Å². The van der Waals surface area contributed by atoms with E-state index in [4.69, 9.17) is 9.47 Å². The highest BCUT2D eigenvalue weighted by molar-refractivity contribution is 6.08. The zero-order valence-corrected chi connectivity index (χ0v) is 16.0. The lowest BCUT2D eigenvalue weighted by atomic mass is 10.1. The average molecular weight is 406 g/mol. The summed E-state index contributed by atoms with van der Waals surface area (Å²) >= 11 is 0. The number of amides is 1. The highest BCUT2D eigenvalue weighted by Gasteiger charge is 2.16. The van der Waals surface area contributed by atoms with Crippen molar-refractivity contribution in [3.63, 3.8) is 0 Å². The molecule has 0 bridgehead atoms. The van der Waals surface area contributed by atoms with Gasteiger partial charge in [-0.25, -0.2) is 4.79 Å². The van der Waals surface area contributed by atoms with Crippen LogP contribution in [0.1, 0.15) is 26.3 Å². The third kappa shape index (κ3) is 4.99. The van der Waals surface area contributed by atoms with E-state index in [1.54, 1.807) is 48.5 Å². The topological polar surface area (TPSA) is 108 Å². The van der Waals surface area contributed by atoms with Gasteiger partial charge in [0.15, 0.2) is 0 Å². The number of rotatable bonds is 7. The third-order valence-corrected chi connectivity index (χ3v) is 4.26. The van der Waals surface area contributed by atoms with Gasteiger partial charge in [0, 0.05) is 17.7 Å². The minimum Gasteiger partial charge on any atom is -0.497 e. The SMILES string of the molecule is COc1ccc(C(=O)Nc2ccccc2C(=O)OCc2ccc([N+](=O)[O-])cc2)cc1. The lowest BCUT2D eigenvalue weighted by Crippen LogP contribution is -2.15. The first-order valence-electron chi connectivity index (χ1n) is 8.93. The normalized spacial score (nSPS) is 10.2. The number of carbonyl (C=O) groups excluding carboxylic acids is 2. The van der Waals surface area contributed by atoms with Crippen molar-refractivity contribution in [1.29, 1.82) is 0 Å². The number of para-hydroxylation sites is 1. The van der Waals surface area contributed by atoms with Crippen molar-refractivity contribution >= 4 is 23.3 Å². The van der Waals surface area contributed by atoms with E-state index < -0.39 is 10.9 Å². The van der Waals surface area contributed by atoms with E-state index in [1.807, 2.05) is 0 Å². The van der Waals surface area contributed by atoms with Crippen LogP contribution in [-0.4, -0.2) is 23.9 Å². The van der Waals surface area contributed by atoms with Gasteiger partial charge in [-0.1, -0.05) is 12.1 Å². The molecular formula is C22H18N2O6. The van der Waals surface area contributed by atoms with Gasteiger partial charge in [-0.3, -0.25) is 14.9 Å². The Bertz CT molecular complexity index is 1060. The fourth-order valence-electron chi connectivity index (χ4n) is 2.65. The molecule has 0 aliphatic heterocycles. The van der Waals surface area contributed by atoms with Crippen molar-refractivity contribution in [2.24, 2.45) is 0 Å². The molecule has 0 saturated carbocycles. The monoisotopic (exact) mass is 406 g/mol. The van der Waals surface area contributed by atoms with Crippen molar-refractivity contribution < 1.29 is 24.0 Å². The minimum absolute atomic E-state index is 0.0448. The minimum atomic E-state index is -0.626. The third-order valence-electron chi connectivity index (χ3n) is 4.26. The van der Waals surface area contributed by atoms with Gasteiger partial charge in [-0.2, -0.15) is 0 Å². The lowest BCUT2D eigenvalue weighted by Gasteiger charge is -2.11. The van der Waals surface area contributed by atoms with E-state index in [1.165, 1.54) is 31.4 Å². The second kappa shape index (κ2) is 9.33. The average Bonchev–Trinajstić information content (AvgIpc) is 2.78. The molecule has 3 rings (SSSR count). The van der Waals surface area contributed by atoms with E-state index in [0.29, 0.717) is 22.6 Å². The second-order valence-electron chi connectivity index (χ2n) is 6.23. The number of esters is 1. The molecule has 0 aliphatic rings. The number of non-ortho nitro benzene ring substituents is 1. The Morgan fingerprint density at radius 3 is 2.27 bits per heavy atom. The molecule has 8 heteroatoms. The van der Waals surface area contributed by atoms with Gasteiger partial charge >= 0.3 is 5.97 Å². The maximum Gasteiger partial charge on any atom is 0.340 e. The Labute approximate surface area is 172 Å². The standard InChI is InChI=1S/C22H18N2O6/c1-29-18-12-8-16(9-13-18)21(25)23-20-5-3-2-4-19(20)22(26)30-14-15-6-10-17(11-7-15)24(27)28/h2-13H,14H2,1H3,(H,23,25). The van der Waals surface area contributed by atoms with Crippen LogP contribution in [-0.2, 0) is 11.3 Å². The van der Waals surface area contributed by atoms with Crippen LogP contribution < -0.4 is 10.1 Å². The number of anilines is 1. The lowest BCUT2D eigenvalue weighted by molar-refractivity contribution is -0.384. The van der Waals surface area contributed by atoms with Crippen LogP contribution in [0.25, 0.3) is 0 Å². The molecule has 152 valence electrons. The molecule has 8 nitrogen and oxygen atoms in total. The van der Waals surface area contributed by atoms with Gasteiger partial charge in [0.1, 0.15) is 12.4 Å². The number of nitro groups is 1. The number of nitrogens with one attached hydrogen (secondary N) is 1. The smallest absolute Gasteiger partial charge is 0.340 e. The van der Waals surface area contributed by atoms with Crippen LogP contribution in [0.3, 0.4) is 0 Å². The molecule has 30 heavy (non-hydrogen) atoms. The molecule has 0 atom stereocenters. The number of ether oxygens (including phenoxy) is 2. The van der Waals surface area contributed by atoms with Crippen molar-refractivity contribution in [3.05, 3.63) is 99.6 Å². The number of hydrogen-bond donors (Lipinski definition) is 1. The summed E-state index contributed by atoms with van der Waals surface area (Å²) in [6.45, 7) is -0.0579. The number of carbonyl (C=O) groups is 2. The van der Waals surface area contributed by atoms with E-state index in [-0.39, 0.29) is 23.8 Å². The van der Waals surface area contributed by atoms with Gasteiger partial charge in [-0.15, -0.1) is 0 Å². The Morgan fingerprint density at radius 2 is 1.63 bits per heavy atom. The molecule has 0 aliphatic carbocycles. The number of methoxy groups -OCH3 is 1. The molecule has 3 aromatic rings. The zero-order chi connectivity index (χ0) is 21.5. The predicted molar refractivity (Wildman–Crippen MR) is 110 cm³/mol. The molecule has 0 fully saturated rings. The molecule has 0 aromatic heterocycles. The molecular weight excluding hydrogens is 388 g/mol. The second-order valence-corrected chi connectivity index (χ2v) is 6.23. The largest absolute Gasteiger partial charge is 0.497 e. The predicted octanol–water partition coefficient (Wildman–Crippen LogP) is 4.21. The fourth-order valence-corrected chi connectivity index (χ4v) is 2.65. The Kier molecular flexibility index (Phi) is 6.39. The highest BCUT2D eigenvalue weighted by Crippen LogP contribution is 2.20. The van der Waals surface area contributed by atoms with E-state index in [2.05, 4.69) is 5.32 Å². The highest BCUT2D eigenvalue weighted by atomic mass is 16.6. The maximum absolute atomic E-state index is 12.5. The van der Waals surface area contributed by atoms with Crippen molar-refractivity contribution in [3.8, 4) is 5.75 Å². The first kappa shape index (κ1) is 20.5. The first-order valence-corrected chi connectivity index (χ1v) is 8.93. The molecule has 0 spiro atoms. The van der Waals surface area contributed by atoms with Crippen LogP contribution in [0, 0.1) is 10.1 Å². The Morgan fingerprint density at radius 1 is 0.967 bits per heavy atom. The molecule has 3 aromatic carbocycles. The van der Waals surface area contributed by atoms with Gasteiger partial charge in [0.25, 0.3) is 11.6 Å². The van der Waals surface area contributed by atoms with Gasteiger partial charge < -0.3 is 14.8 Å². The van der Waals surface area contributed by atoms with Crippen LogP contribution in [0.4, 0.5) is 11.4 Å². The quantitative estimate of drug-likeness (QED) is 0.358. The molecule has 0 heterocycles. The van der Waals surface area contributed by atoms with Gasteiger partial charge in [0.2, 0.25) is 0 Å². The van der Waals surface area contributed by atoms with Gasteiger partial charge in [-0.05, 0) is 54.1 Å². The van der Waals surface area contributed by atoms with Gasteiger partial charge in [0.05, 0.1) is 23.3 Å². The Hall–Kier alpha value is -4.20. The van der Waals surface area contributed by atoms with E-state index in [9.17, 15) is 19.7 Å². The summed E-state index contributed by atoms with van der Waals surface area (Å²) in [5, 5.41) is 13.4. The molecule has 1 amide bonds.